The van der Waals surface area contributed by atoms with Gasteiger partial charge in [0.2, 0.25) is 0 Å². The number of methoxy groups -OCH3 is 1. The molecule has 1 heterocycles. The van der Waals surface area contributed by atoms with Crippen molar-refractivity contribution < 1.29 is 24.1 Å². The van der Waals surface area contributed by atoms with Crippen molar-refractivity contribution in [3.8, 4) is 16.9 Å². The van der Waals surface area contributed by atoms with Crippen LogP contribution < -0.4 is 10.1 Å². The first-order valence-electron chi connectivity index (χ1n) is 14.0. The fraction of sp³-hybridized carbons (Fsp3) is 0.265. The lowest BCUT2D eigenvalue weighted by atomic mass is 9.98. The van der Waals surface area contributed by atoms with Crippen LogP contribution in [0.25, 0.3) is 11.1 Å². The Morgan fingerprint density at radius 3 is 2.32 bits per heavy atom. The fourth-order valence-electron chi connectivity index (χ4n) is 5.00. The van der Waals surface area contributed by atoms with Gasteiger partial charge >= 0.3 is 0 Å². The molecule has 1 saturated heterocycles. The van der Waals surface area contributed by atoms with Crippen LogP contribution in [0.2, 0.25) is 0 Å². The van der Waals surface area contributed by atoms with Crippen LogP contribution >= 0.6 is 46.6 Å². The summed E-state index contributed by atoms with van der Waals surface area (Å²) in [6.45, 7) is 0.201. The molecule has 1 amide bonds. The zero-order chi connectivity index (χ0) is 31.1. The number of carbonyl (C=O) groups excluding carboxylic acids is 1. The predicted octanol–water partition coefficient (Wildman–Crippen LogP) is 8.18. The Balaban J connectivity index is 1.35. The molecule has 0 radical (unpaired) electrons. The third-order valence-electron chi connectivity index (χ3n) is 7.32. The molecular formula is C34H32Cl3NO5S. The second-order valence-electron chi connectivity index (χ2n) is 10.3. The van der Waals surface area contributed by atoms with E-state index in [1.165, 1.54) is 0 Å². The Hall–Kier alpha value is -2.75. The van der Waals surface area contributed by atoms with Gasteiger partial charge in [-0.3, -0.25) is 4.79 Å². The standard InChI is InChI=1S/C34H32Cl3NO5S/c1-41-29-8-4-5-9-31(29)44-21-27-18-30(24-12-10-22(20-39)11-13-24)43-32(42-27)25-16-14-23(15-17-25)28-7-3-2-6-26(28)19-38-33(40)34(35,36)37/h2-17,27,30,32,39H,18-21H2,1H3,(H,38,40). The molecule has 6 nitrogen and oxygen atoms in total. The average Bonchev–Trinajstić information content (AvgIpc) is 3.06. The van der Waals surface area contributed by atoms with E-state index >= 15 is 0 Å². The van der Waals surface area contributed by atoms with Gasteiger partial charge in [-0.2, -0.15) is 0 Å². The summed E-state index contributed by atoms with van der Waals surface area (Å²) in [5, 5.41) is 12.2. The van der Waals surface area contributed by atoms with E-state index in [4.69, 9.17) is 49.0 Å². The number of carbonyl (C=O) groups is 1. The molecule has 0 aromatic heterocycles. The number of hydrogen-bond acceptors (Lipinski definition) is 6. The van der Waals surface area contributed by atoms with Crippen molar-refractivity contribution >= 4 is 52.5 Å². The minimum atomic E-state index is -2.03. The number of ether oxygens (including phenoxy) is 3. The van der Waals surface area contributed by atoms with E-state index < -0.39 is 16.0 Å². The first kappa shape index (κ1) is 32.6. The zero-order valence-corrected chi connectivity index (χ0v) is 27.0. The third-order valence-corrected chi connectivity index (χ3v) is 9.02. The topological polar surface area (TPSA) is 77.0 Å². The van der Waals surface area contributed by atoms with Crippen LogP contribution in [0.3, 0.4) is 0 Å². The smallest absolute Gasteiger partial charge is 0.272 e. The first-order chi connectivity index (χ1) is 21.2. The molecule has 0 bridgehead atoms. The molecule has 3 unspecified atom stereocenters. The van der Waals surface area contributed by atoms with E-state index in [0.717, 1.165) is 49.8 Å². The van der Waals surface area contributed by atoms with Crippen molar-refractivity contribution in [3.63, 3.8) is 0 Å². The number of nitrogens with one attached hydrogen (secondary N) is 1. The molecular weight excluding hydrogens is 641 g/mol. The molecule has 0 saturated carbocycles. The van der Waals surface area contributed by atoms with Crippen molar-refractivity contribution in [2.24, 2.45) is 0 Å². The van der Waals surface area contributed by atoms with Crippen LogP contribution in [0.5, 0.6) is 5.75 Å². The monoisotopic (exact) mass is 671 g/mol. The highest BCUT2D eigenvalue weighted by Gasteiger charge is 2.33. The average molecular weight is 673 g/mol. The number of amides is 1. The molecule has 4 aromatic carbocycles. The number of benzene rings is 4. The van der Waals surface area contributed by atoms with E-state index in [9.17, 15) is 9.90 Å². The second-order valence-corrected chi connectivity index (χ2v) is 13.6. The largest absolute Gasteiger partial charge is 0.496 e. The maximum Gasteiger partial charge on any atom is 0.272 e. The number of halogens is 3. The number of hydrogen-bond donors (Lipinski definition) is 2. The van der Waals surface area contributed by atoms with Crippen LogP contribution in [0.1, 0.15) is 41.1 Å². The van der Waals surface area contributed by atoms with Crippen LogP contribution in [0.4, 0.5) is 0 Å². The van der Waals surface area contributed by atoms with Crippen molar-refractivity contribution in [1.29, 1.82) is 0 Å². The van der Waals surface area contributed by atoms with Gasteiger partial charge in [-0.1, -0.05) is 120 Å². The maximum absolute atomic E-state index is 12.1. The highest BCUT2D eigenvalue weighted by molar-refractivity contribution is 7.99. The molecule has 4 aromatic rings. The second kappa shape index (κ2) is 15.0. The summed E-state index contributed by atoms with van der Waals surface area (Å²) in [4.78, 5) is 13.2. The number of para-hydroxylation sites is 1. The summed E-state index contributed by atoms with van der Waals surface area (Å²) in [5.74, 6) is 0.870. The Labute approximate surface area is 276 Å². The van der Waals surface area contributed by atoms with Crippen LogP contribution in [0, 0.1) is 0 Å². The lowest BCUT2D eigenvalue weighted by Crippen LogP contribution is -2.34. The molecule has 1 aliphatic rings. The summed E-state index contributed by atoms with van der Waals surface area (Å²) >= 11 is 18.8. The molecule has 0 spiro atoms. The molecule has 44 heavy (non-hydrogen) atoms. The number of rotatable bonds is 10. The van der Waals surface area contributed by atoms with Crippen molar-refractivity contribution in [2.75, 3.05) is 12.9 Å². The minimum Gasteiger partial charge on any atom is -0.496 e. The van der Waals surface area contributed by atoms with Gasteiger partial charge in [0.25, 0.3) is 9.70 Å². The Morgan fingerprint density at radius 1 is 0.932 bits per heavy atom. The Morgan fingerprint density at radius 2 is 1.61 bits per heavy atom. The third kappa shape index (κ3) is 8.29. The normalized spacial score (nSPS) is 18.5. The van der Waals surface area contributed by atoms with Crippen LogP contribution in [-0.2, 0) is 27.4 Å². The minimum absolute atomic E-state index is 0.00946. The molecule has 10 heteroatoms. The number of thioether (sulfide) groups is 1. The molecule has 1 fully saturated rings. The number of alkyl halides is 3. The van der Waals surface area contributed by atoms with Crippen LogP contribution in [-0.4, -0.2) is 33.8 Å². The van der Waals surface area contributed by atoms with E-state index in [1.807, 2.05) is 97.1 Å². The summed E-state index contributed by atoms with van der Waals surface area (Å²) < 4.78 is 16.6. The molecule has 2 N–H and O–H groups in total. The fourth-order valence-corrected chi connectivity index (χ4v) is 6.24. The van der Waals surface area contributed by atoms with Gasteiger partial charge in [0, 0.05) is 29.2 Å². The lowest BCUT2D eigenvalue weighted by molar-refractivity contribution is -0.245. The molecule has 0 aliphatic carbocycles. The maximum atomic E-state index is 12.1. The van der Waals surface area contributed by atoms with Crippen molar-refractivity contribution in [3.05, 3.63) is 119 Å². The van der Waals surface area contributed by atoms with Gasteiger partial charge in [-0.25, -0.2) is 0 Å². The Bertz CT molecular complexity index is 1550. The molecule has 230 valence electrons. The van der Waals surface area contributed by atoms with E-state index in [1.54, 1.807) is 18.9 Å². The van der Waals surface area contributed by atoms with Gasteiger partial charge in [-0.15, -0.1) is 11.8 Å². The quantitative estimate of drug-likeness (QED) is 0.131. The van der Waals surface area contributed by atoms with Gasteiger partial charge < -0.3 is 24.6 Å². The van der Waals surface area contributed by atoms with Crippen molar-refractivity contribution in [2.45, 2.75) is 46.8 Å². The van der Waals surface area contributed by atoms with E-state index in [2.05, 4.69) is 5.32 Å². The Kier molecular flexibility index (Phi) is 11.1. The summed E-state index contributed by atoms with van der Waals surface area (Å²) in [7, 11) is 1.68. The van der Waals surface area contributed by atoms with Gasteiger partial charge in [0.05, 0.1) is 25.9 Å². The summed E-state index contributed by atoms with van der Waals surface area (Å²) in [6.07, 6.45) is -0.176. The zero-order valence-electron chi connectivity index (χ0n) is 23.9. The highest BCUT2D eigenvalue weighted by Crippen LogP contribution is 2.41. The molecule has 5 rings (SSSR count). The van der Waals surface area contributed by atoms with E-state index in [-0.39, 0.29) is 25.4 Å². The van der Waals surface area contributed by atoms with E-state index in [0.29, 0.717) is 6.42 Å². The lowest BCUT2D eigenvalue weighted by Gasteiger charge is -2.36. The van der Waals surface area contributed by atoms with Gasteiger partial charge in [0.1, 0.15) is 5.75 Å². The number of aliphatic hydroxyl groups excluding tert-OH is 1. The van der Waals surface area contributed by atoms with Gasteiger partial charge in [0.15, 0.2) is 6.29 Å². The SMILES string of the molecule is COc1ccccc1SCC1CC(c2ccc(CO)cc2)OC(c2ccc(-c3ccccc3CNC(=O)C(Cl)(Cl)Cl)cc2)O1. The van der Waals surface area contributed by atoms with Gasteiger partial charge in [-0.05, 0) is 39.9 Å². The summed E-state index contributed by atoms with van der Waals surface area (Å²) in [5.41, 5.74) is 5.56. The van der Waals surface area contributed by atoms with Crippen LogP contribution in [0.15, 0.2) is 102 Å². The summed E-state index contributed by atoms with van der Waals surface area (Å²) in [6, 6.07) is 31.6. The molecule has 1 aliphatic heterocycles. The molecule has 3 atom stereocenters. The highest BCUT2D eigenvalue weighted by atomic mass is 35.6. The van der Waals surface area contributed by atoms with Crippen molar-refractivity contribution in [1.82, 2.24) is 5.32 Å². The number of aliphatic hydroxyl groups is 1. The first-order valence-corrected chi connectivity index (χ1v) is 16.2. The predicted molar refractivity (Wildman–Crippen MR) is 176 cm³/mol.